The van der Waals surface area contributed by atoms with Crippen LogP contribution in [0.25, 0.3) is 0 Å². The molecule has 0 fully saturated rings. The van der Waals surface area contributed by atoms with Crippen LogP contribution in [-0.4, -0.2) is 0 Å². The van der Waals surface area contributed by atoms with E-state index in [1.165, 1.54) is 22.4 Å². The molecule has 1 heteroatoms. The molecule has 0 aliphatic rings. The monoisotopic (exact) mass is 225 g/mol. The zero-order valence-electron chi connectivity index (χ0n) is 10.7. The second-order valence-corrected chi connectivity index (χ2v) is 4.65. The Morgan fingerprint density at radius 2 is 1.47 bits per heavy atom. The minimum absolute atomic E-state index is 0.331. The van der Waals surface area contributed by atoms with Gasteiger partial charge in [0.15, 0.2) is 0 Å². The molecule has 2 aromatic rings. The zero-order chi connectivity index (χ0) is 12.3. The quantitative estimate of drug-likeness (QED) is 0.812. The first-order valence-corrected chi connectivity index (χ1v) is 6.05. The molecule has 1 nitrogen and oxygen atoms in total. The molecule has 1 N–H and O–H groups in total. The molecule has 0 aliphatic carbocycles. The van der Waals surface area contributed by atoms with E-state index in [4.69, 9.17) is 0 Å². The van der Waals surface area contributed by atoms with Crippen LogP contribution in [-0.2, 0) is 0 Å². The number of nitrogens with one attached hydrogen (secondary N) is 1. The molecule has 0 amide bonds. The molecule has 0 heterocycles. The Kier molecular flexibility index (Phi) is 3.48. The van der Waals surface area contributed by atoms with Crippen LogP contribution in [0.2, 0.25) is 0 Å². The smallest absolute Gasteiger partial charge is 0.0485 e. The van der Waals surface area contributed by atoms with Crippen molar-refractivity contribution in [3.8, 4) is 0 Å². The summed E-state index contributed by atoms with van der Waals surface area (Å²) in [6.07, 6.45) is 0. The summed E-state index contributed by atoms with van der Waals surface area (Å²) < 4.78 is 0. The Bertz CT molecular complexity index is 468. The van der Waals surface area contributed by atoms with Crippen molar-refractivity contribution in [2.24, 2.45) is 0 Å². The normalized spacial score (nSPS) is 12.2. The predicted octanol–water partition coefficient (Wildman–Crippen LogP) is 4.48. The van der Waals surface area contributed by atoms with E-state index in [1.807, 2.05) is 6.07 Å². The van der Waals surface area contributed by atoms with Gasteiger partial charge in [0.2, 0.25) is 0 Å². The lowest BCUT2D eigenvalue weighted by molar-refractivity contribution is 0.884. The summed E-state index contributed by atoms with van der Waals surface area (Å²) in [4.78, 5) is 0. The van der Waals surface area contributed by atoms with Crippen LogP contribution >= 0.6 is 0 Å². The van der Waals surface area contributed by atoms with Crippen molar-refractivity contribution in [2.75, 3.05) is 5.32 Å². The second-order valence-electron chi connectivity index (χ2n) is 4.65. The van der Waals surface area contributed by atoms with Crippen LogP contribution in [0.4, 0.5) is 5.69 Å². The highest BCUT2D eigenvalue weighted by atomic mass is 14.9. The molecule has 2 aromatic carbocycles. The van der Waals surface area contributed by atoms with E-state index in [2.05, 4.69) is 68.6 Å². The molecular formula is C16H19N. The molecule has 0 spiro atoms. The molecule has 1 unspecified atom stereocenters. The molecule has 1 atom stereocenters. The summed E-state index contributed by atoms with van der Waals surface area (Å²) in [5, 5.41) is 3.54. The van der Waals surface area contributed by atoms with Gasteiger partial charge in [-0.15, -0.1) is 0 Å². The van der Waals surface area contributed by atoms with Crippen molar-refractivity contribution in [3.63, 3.8) is 0 Å². The lowest BCUT2D eigenvalue weighted by Gasteiger charge is -2.16. The van der Waals surface area contributed by atoms with Gasteiger partial charge in [-0.05, 0) is 49.6 Å². The third kappa shape index (κ3) is 3.10. The van der Waals surface area contributed by atoms with Gasteiger partial charge in [0.1, 0.15) is 0 Å². The molecule has 0 saturated heterocycles. The largest absolute Gasteiger partial charge is 0.379 e. The highest BCUT2D eigenvalue weighted by Crippen LogP contribution is 2.20. The standard InChI is InChI=1S/C16H19N/c1-12-9-13(2)11-16(10-12)17-14(3)15-7-5-4-6-8-15/h4-11,14,17H,1-3H3. The third-order valence-electron chi connectivity index (χ3n) is 2.90. The molecule has 0 bridgehead atoms. The van der Waals surface area contributed by atoms with Gasteiger partial charge in [0, 0.05) is 11.7 Å². The van der Waals surface area contributed by atoms with Gasteiger partial charge in [0.05, 0.1) is 0 Å². The molecule has 88 valence electrons. The maximum absolute atomic E-state index is 3.54. The van der Waals surface area contributed by atoms with Gasteiger partial charge in [-0.1, -0.05) is 36.4 Å². The Labute approximate surface area is 103 Å². The number of aryl methyl sites for hydroxylation is 2. The van der Waals surface area contributed by atoms with Gasteiger partial charge in [-0.25, -0.2) is 0 Å². The van der Waals surface area contributed by atoms with Crippen LogP contribution in [0, 0.1) is 13.8 Å². The first-order valence-electron chi connectivity index (χ1n) is 6.05. The lowest BCUT2D eigenvalue weighted by Crippen LogP contribution is -2.06. The summed E-state index contributed by atoms with van der Waals surface area (Å²) in [6, 6.07) is 17.4. The number of rotatable bonds is 3. The molecule has 17 heavy (non-hydrogen) atoms. The first kappa shape index (κ1) is 11.7. The Hall–Kier alpha value is -1.76. The summed E-state index contributed by atoms with van der Waals surface area (Å²) in [7, 11) is 0. The van der Waals surface area contributed by atoms with Crippen LogP contribution in [0.1, 0.15) is 29.7 Å². The van der Waals surface area contributed by atoms with Crippen LogP contribution in [0.3, 0.4) is 0 Å². The van der Waals surface area contributed by atoms with E-state index in [-0.39, 0.29) is 0 Å². The minimum atomic E-state index is 0.331. The highest BCUT2D eigenvalue weighted by Gasteiger charge is 2.04. The average molecular weight is 225 g/mol. The van der Waals surface area contributed by atoms with E-state index in [9.17, 15) is 0 Å². The number of benzene rings is 2. The summed E-state index contributed by atoms with van der Waals surface area (Å²) >= 11 is 0. The van der Waals surface area contributed by atoms with Crippen molar-refractivity contribution in [1.82, 2.24) is 0 Å². The van der Waals surface area contributed by atoms with E-state index in [0.717, 1.165) is 0 Å². The summed E-state index contributed by atoms with van der Waals surface area (Å²) in [5.41, 5.74) is 5.10. The first-order chi connectivity index (χ1) is 8.15. The van der Waals surface area contributed by atoms with Crippen molar-refractivity contribution < 1.29 is 0 Å². The van der Waals surface area contributed by atoms with Crippen LogP contribution < -0.4 is 5.32 Å². The Morgan fingerprint density at radius 3 is 2.06 bits per heavy atom. The van der Waals surface area contributed by atoms with E-state index < -0.39 is 0 Å². The number of hydrogen-bond donors (Lipinski definition) is 1. The highest BCUT2D eigenvalue weighted by molar-refractivity contribution is 5.49. The van der Waals surface area contributed by atoms with Crippen molar-refractivity contribution in [3.05, 3.63) is 65.2 Å². The molecule has 0 radical (unpaired) electrons. The molecule has 0 saturated carbocycles. The maximum Gasteiger partial charge on any atom is 0.0485 e. The van der Waals surface area contributed by atoms with Crippen molar-refractivity contribution >= 4 is 5.69 Å². The fraction of sp³-hybridized carbons (Fsp3) is 0.250. The van der Waals surface area contributed by atoms with Gasteiger partial charge >= 0.3 is 0 Å². The fourth-order valence-electron chi connectivity index (χ4n) is 2.13. The van der Waals surface area contributed by atoms with E-state index in [0.29, 0.717) is 6.04 Å². The second kappa shape index (κ2) is 5.05. The molecule has 2 rings (SSSR count). The zero-order valence-corrected chi connectivity index (χ0v) is 10.7. The summed E-state index contributed by atoms with van der Waals surface area (Å²) in [6.45, 7) is 6.45. The van der Waals surface area contributed by atoms with Gasteiger partial charge in [0.25, 0.3) is 0 Å². The van der Waals surface area contributed by atoms with Crippen molar-refractivity contribution in [2.45, 2.75) is 26.8 Å². The van der Waals surface area contributed by atoms with Gasteiger partial charge in [-0.3, -0.25) is 0 Å². The number of anilines is 1. The maximum atomic E-state index is 3.54. The average Bonchev–Trinajstić information content (AvgIpc) is 2.28. The summed E-state index contributed by atoms with van der Waals surface area (Å²) in [5.74, 6) is 0. The van der Waals surface area contributed by atoms with Crippen LogP contribution in [0.5, 0.6) is 0 Å². The SMILES string of the molecule is Cc1cc(C)cc(NC(C)c2ccccc2)c1. The fourth-order valence-corrected chi connectivity index (χ4v) is 2.13. The van der Waals surface area contributed by atoms with E-state index >= 15 is 0 Å². The van der Waals surface area contributed by atoms with Gasteiger partial charge < -0.3 is 5.32 Å². The third-order valence-corrected chi connectivity index (χ3v) is 2.90. The molecule has 0 aliphatic heterocycles. The van der Waals surface area contributed by atoms with E-state index in [1.54, 1.807) is 0 Å². The molecule has 0 aromatic heterocycles. The molecular weight excluding hydrogens is 206 g/mol. The van der Waals surface area contributed by atoms with Gasteiger partial charge in [-0.2, -0.15) is 0 Å². The predicted molar refractivity (Wildman–Crippen MR) is 74.4 cm³/mol. The number of hydrogen-bond acceptors (Lipinski definition) is 1. The lowest BCUT2D eigenvalue weighted by atomic mass is 10.1. The van der Waals surface area contributed by atoms with Crippen LogP contribution in [0.15, 0.2) is 48.5 Å². The van der Waals surface area contributed by atoms with Crippen molar-refractivity contribution in [1.29, 1.82) is 0 Å². The topological polar surface area (TPSA) is 12.0 Å². The minimum Gasteiger partial charge on any atom is -0.379 e. The Morgan fingerprint density at radius 1 is 0.882 bits per heavy atom. The Balaban J connectivity index is 2.16.